The molecule has 1 aliphatic heterocycles. The SMILES string of the molecule is CN1CCN(S(=O)(=O)NC2CCCCC2)CC1.O=C(O)O. The Morgan fingerprint density at radius 1 is 1.05 bits per heavy atom. The van der Waals surface area contributed by atoms with Crippen molar-refractivity contribution in [1.82, 2.24) is 13.9 Å². The third kappa shape index (κ3) is 7.07. The fourth-order valence-electron chi connectivity index (χ4n) is 2.53. The van der Waals surface area contributed by atoms with Crippen LogP contribution in [0, 0.1) is 0 Å². The summed E-state index contributed by atoms with van der Waals surface area (Å²) in [5, 5.41) is 13.9. The molecular formula is C12H25N3O5S. The maximum atomic E-state index is 12.2. The molecule has 124 valence electrons. The van der Waals surface area contributed by atoms with Gasteiger partial charge in [0.2, 0.25) is 0 Å². The highest BCUT2D eigenvalue weighted by Gasteiger charge is 2.28. The lowest BCUT2D eigenvalue weighted by Crippen LogP contribution is -2.53. The highest BCUT2D eigenvalue weighted by molar-refractivity contribution is 7.87. The number of nitrogens with zero attached hydrogens (tertiary/aromatic N) is 2. The fraction of sp³-hybridized carbons (Fsp3) is 0.917. The molecule has 0 unspecified atom stereocenters. The van der Waals surface area contributed by atoms with Gasteiger partial charge in [0.1, 0.15) is 0 Å². The second kappa shape index (κ2) is 8.52. The van der Waals surface area contributed by atoms with E-state index in [-0.39, 0.29) is 6.04 Å². The van der Waals surface area contributed by atoms with Gasteiger partial charge in [0.05, 0.1) is 0 Å². The van der Waals surface area contributed by atoms with Gasteiger partial charge in [0.25, 0.3) is 10.2 Å². The first-order chi connectivity index (χ1) is 9.81. The Labute approximate surface area is 125 Å². The summed E-state index contributed by atoms with van der Waals surface area (Å²) < 4.78 is 28.8. The van der Waals surface area contributed by atoms with Crippen molar-refractivity contribution >= 4 is 16.4 Å². The van der Waals surface area contributed by atoms with Gasteiger partial charge >= 0.3 is 6.16 Å². The van der Waals surface area contributed by atoms with Crippen LogP contribution in [0.5, 0.6) is 0 Å². The van der Waals surface area contributed by atoms with Gasteiger partial charge in [-0.15, -0.1) is 0 Å². The molecule has 1 saturated carbocycles. The number of carboxylic acid groups (broad SMARTS) is 2. The van der Waals surface area contributed by atoms with Gasteiger partial charge in [-0.2, -0.15) is 17.4 Å². The van der Waals surface area contributed by atoms with Gasteiger partial charge in [-0.1, -0.05) is 19.3 Å². The van der Waals surface area contributed by atoms with E-state index in [1.54, 1.807) is 4.31 Å². The van der Waals surface area contributed by atoms with Crippen molar-refractivity contribution < 1.29 is 23.4 Å². The number of nitrogens with one attached hydrogen (secondary N) is 1. The van der Waals surface area contributed by atoms with E-state index in [1.165, 1.54) is 6.42 Å². The Balaban J connectivity index is 0.000000491. The number of piperazine rings is 1. The van der Waals surface area contributed by atoms with E-state index >= 15 is 0 Å². The van der Waals surface area contributed by atoms with Crippen molar-refractivity contribution in [3.8, 4) is 0 Å². The minimum Gasteiger partial charge on any atom is -0.450 e. The molecule has 0 spiro atoms. The van der Waals surface area contributed by atoms with Crippen LogP contribution in [0.2, 0.25) is 0 Å². The molecule has 0 bridgehead atoms. The molecule has 8 nitrogen and oxygen atoms in total. The van der Waals surface area contributed by atoms with Crippen molar-refractivity contribution in [1.29, 1.82) is 0 Å². The van der Waals surface area contributed by atoms with Crippen LogP contribution in [0.15, 0.2) is 0 Å². The topological polar surface area (TPSA) is 110 Å². The van der Waals surface area contributed by atoms with E-state index in [4.69, 9.17) is 15.0 Å². The van der Waals surface area contributed by atoms with Crippen molar-refractivity contribution in [2.24, 2.45) is 0 Å². The van der Waals surface area contributed by atoms with Crippen LogP contribution in [0.1, 0.15) is 32.1 Å². The summed E-state index contributed by atoms with van der Waals surface area (Å²) in [5.41, 5.74) is 0. The lowest BCUT2D eigenvalue weighted by Gasteiger charge is -2.33. The molecule has 3 N–H and O–H groups in total. The molecule has 0 aromatic heterocycles. The van der Waals surface area contributed by atoms with Gasteiger partial charge in [-0.3, -0.25) is 0 Å². The first kappa shape index (κ1) is 18.1. The zero-order valence-corrected chi connectivity index (χ0v) is 13.2. The molecule has 0 radical (unpaired) electrons. The maximum absolute atomic E-state index is 12.2. The van der Waals surface area contributed by atoms with Crippen molar-refractivity contribution in [2.45, 2.75) is 38.1 Å². The normalized spacial score (nSPS) is 22.3. The summed E-state index contributed by atoms with van der Waals surface area (Å²) in [7, 11) is -1.22. The smallest absolute Gasteiger partial charge is 0.450 e. The maximum Gasteiger partial charge on any atom is 0.503 e. The molecule has 21 heavy (non-hydrogen) atoms. The third-order valence-corrected chi connectivity index (χ3v) is 5.40. The van der Waals surface area contributed by atoms with Crippen molar-refractivity contribution in [3.63, 3.8) is 0 Å². The minimum atomic E-state index is -3.25. The second-order valence-corrected chi connectivity index (χ2v) is 7.14. The number of carbonyl (C=O) groups is 1. The van der Waals surface area contributed by atoms with Crippen molar-refractivity contribution in [3.05, 3.63) is 0 Å². The van der Waals surface area contributed by atoms with E-state index in [9.17, 15) is 8.42 Å². The third-order valence-electron chi connectivity index (χ3n) is 3.72. The lowest BCUT2D eigenvalue weighted by atomic mass is 9.96. The Hall–Kier alpha value is -0.900. The van der Waals surface area contributed by atoms with E-state index in [0.29, 0.717) is 13.1 Å². The van der Waals surface area contributed by atoms with E-state index in [1.807, 2.05) is 7.05 Å². The molecule has 1 saturated heterocycles. The van der Waals surface area contributed by atoms with E-state index < -0.39 is 16.4 Å². The van der Waals surface area contributed by atoms with Crippen molar-refractivity contribution in [2.75, 3.05) is 33.2 Å². The molecule has 2 rings (SSSR count). The average Bonchev–Trinajstić information content (AvgIpc) is 2.39. The molecule has 2 aliphatic rings. The van der Waals surface area contributed by atoms with Gasteiger partial charge in [-0.05, 0) is 19.9 Å². The number of hydrogen-bond donors (Lipinski definition) is 3. The summed E-state index contributed by atoms with van der Waals surface area (Å²) in [5.74, 6) is 0. The monoisotopic (exact) mass is 323 g/mol. The van der Waals surface area contributed by atoms with Crippen LogP contribution >= 0.6 is 0 Å². The molecule has 0 aromatic carbocycles. The lowest BCUT2D eigenvalue weighted by molar-refractivity contribution is 0.137. The predicted octanol–water partition coefficient (Wildman–Crippen LogP) is 0.623. The molecule has 1 aliphatic carbocycles. The Morgan fingerprint density at radius 2 is 1.52 bits per heavy atom. The first-order valence-electron chi connectivity index (χ1n) is 7.19. The second-order valence-electron chi connectivity index (χ2n) is 5.44. The van der Waals surface area contributed by atoms with Crippen LogP contribution < -0.4 is 4.72 Å². The van der Waals surface area contributed by atoms with Gasteiger partial charge < -0.3 is 15.1 Å². The van der Waals surface area contributed by atoms with Gasteiger partial charge in [0, 0.05) is 32.2 Å². The highest BCUT2D eigenvalue weighted by Crippen LogP contribution is 2.19. The summed E-state index contributed by atoms with van der Waals surface area (Å²) in [6.07, 6.45) is 3.69. The quantitative estimate of drug-likeness (QED) is 0.702. The highest BCUT2D eigenvalue weighted by atomic mass is 32.2. The number of rotatable bonds is 3. The minimum absolute atomic E-state index is 0.161. The van der Waals surface area contributed by atoms with Crippen LogP contribution in [0.3, 0.4) is 0 Å². The van der Waals surface area contributed by atoms with Crippen LogP contribution in [-0.4, -0.2) is 73.3 Å². The standard InChI is InChI=1S/C11H23N3O2S.CH2O3/c1-13-7-9-14(10-8-13)17(15,16)12-11-5-3-2-4-6-11;2-1(3)4/h11-12H,2-10H2,1H3;(H2,2,3,4). The zero-order valence-electron chi connectivity index (χ0n) is 12.4. The van der Waals surface area contributed by atoms with Crippen LogP contribution in [-0.2, 0) is 10.2 Å². The largest absolute Gasteiger partial charge is 0.503 e. The van der Waals surface area contributed by atoms with E-state index in [2.05, 4.69) is 9.62 Å². The summed E-state index contributed by atoms with van der Waals surface area (Å²) >= 11 is 0. The molecule has 0 amide bonds. The summed E-state index contributed by atoms with van der Waals surface area (Å²) in [4.78, 5) is 10.7. The predicted molar refractivity (Wildman–Crippen MR) is 78.7 cm³/mol. The summed E-state index contributed by atoms with van der Waals surface area (Å²) in [6.45, 7) is 2.87. The van der Waals surface area contributed by atoms with Gasteiger partial charge in [0.15, 0.2) is 0 Å². The fourth-order valence-corrected chi connectivity index (χ4v) is 3.98. The van der Waals surface area contributed by atoms with Crippen LogP contribution in [0.25, 0.3) is 0 Å². The Kier molecular flexibility index (Phi) is 7.36. The van der Waals surface area contributed by atoms with Gasteiger partial charge in [-0.25, -0.2) is 4.79 Å². The Bertz CT molecular complexity index is 411. The molecule has 1 heterocycles. The average molecular weight is 323 g/mol. The number of hydrogen-bond acceptors (Lipinski definition) is 4. The van der Waals surface area contributed by atoms with E-state index in [0.717, 1.165) is 38.8 Å². The Morgan fingerprint density at radius 3 is 2.00 bits per heavy atom. The first-order valence-corrected chi connectivity index (χ1v) is 8.63. The van der Waals surface area contributed by atoms with Crippen LogP contribution in [0.4, 0.5) is 4.79 Å². The zero-order chi connectivity index (χ0) is 15.9. The summed E-state index contributed by atoms with van der Waals surface area (Å²) in [6, 6.07) is 0.161. The number of likely N-dealkylation sites (N-methyl/N-ethyl adjacent to an activating group) is 1. The molecule has 9 heteroatoms. The molecule has 0 atom stereocenters. The molecule has 2 fully saturated rings. The molecular weight excluding hydrogens is 298 g/mol. The molecule has 0 aromatic rings.